The number of furan rings is 1. The van der Waals surface area contributed by atoms with E-state index in [4.69, 9.17) is 10.2 Å². The molecule has 1 saturated heterocycles. The predicted molar refractivity (Wildman–Crippen MR) is 94.4 cm³/mol. The van der Waals surface area contributed by atoms with Crippen LogP contribution in [0.3, 0.4) is 0 Å². The zero-order chi connectivity index (χ0) is 16.9. The lowest BCUT2D eigenvalue weighted by molar-refractivity contribution is -0.123. The molecule has 0 bridgehead atoms. The molecule has 1 aromatic carbocycles. The van der Waals surface area contributed by atoms with E-state index in [-0.39, 0.29) is 17.9 Å². The van der Waals surface area contributed by atoms with Gasteiger partial charge >= 0.3 is 0 Å². The van der Waals surface area contributed by atoms with Gasteiger partial charge in [-0.15, -0.1) is 0 Å². The van der Waals surface area contributed by atoms with Gasteiger partial charge in [0.25, 0.3) is 0 Å². The molecule has 1 aromatic heterocycles. The minimum Gasteiger partial charge on any atom is -0.467 e. The summed E-state index contributed by atoms with van der Waals surface area (Å²) >= 11 is 0. The Kier molecular flexibility index (Phi) is 5.20. The van der Waals surface area contributed by atoms with E-state index in [1.807, 2.05) is 12.1 Å². The van der Waals surface area contributed by atoms with Crippen LogP contribution < -0.4 is 11.1 Å². The fourth-order valence-electron chi connectivity index (χ4n) is 3.31. The number of primary amides is 1. The van der Waals surface area contributed by atoms with Crippen molar-refractivity contribution in [1.82, 2.24) is 4.90 Å². The standard InChI is InChI=1S/C19H25N3O2/c1-14(18-8-4-10-24-18)21-17-7-2-5-15(11-17)12-22-9-3-6-16(13-22)19(20)23/h2,4-5,7-8,10-11,14,16,21H,3,6,9,12-13H2,1H3,(H2,20,23)/t14-,16+/m0/s1. The van der Waals surface area contributed by atoms with Crippen LogP contribution in [0.15, 0.2) is 47.1 Å². The summed E-state index contributed by atoms with van der Waals surface area (Å²) in [6.07, 6.45) is 3.63. The third-order valence-electron chi connectivity index (χ3n) is 4.59. The van der Waals surface area contributed by atoms with Gasteiger partial charge in [0, 0.05) is 18.8 Å². The van der Waals surface area contributed by atoms with Crippen molar-refractivity contribution < 1.29 is 9.21 Å². The average molecular weight is 327 g/mol. The molecule has 1 fully saturated rings. The number of amides is 1. The molecule has 0 saturated carbocycles. The summed E-state index contributed by atoms with van der Waals surface area (Å²) in [5, 5.41) is 3.46. The fraction of sp³-hybridized carbons (Fsp3) is 0.421. The molecule has 128 valence electrons. The van der Waals surface area contributed by atoms with Crippen molar-refractivity contribution in [3.8, 4) is 0 Å². The van der Waals surface area contributed by atoms with E-state index in [0.29, 0.717) is 0 Å². The Bertz CT molecular complexity index is 669. The van der Waals surface area contributed by atoms with Crippen LogP contribution in [0.2, 0.25) is 0 Å². The summed E-state index contributed by atoms with van der Waals surface area (Å²) in [5.41, 5.74) is 7.77. The van der Waals surface area contributed by atoms with Crippen LogP contribution in [0, 0.1) is 5.92 Å². The number of hydrogen-bond donors (Lipinski definition) is 2. The molecular formula is C19H25N3O2. The molecule has 2 aromatic rings. The zero-order valence-corrected chi connectivity index (χ0v) is 14.1. The lowest BCUT2D eigenvalue weighted by atomic mass is 9.97. The van der Waals surface area contributed by atoms with E-state index in [1.165, 1.54) is 5.56 Å². The van der Waals surface area contributed by atoms with Crippen LogP contribution in [0.1, 0.15) is 37.1 Å². The van der Waals surface area contributed by atoms with Gasteiger partial charge in [0.1, 0.15) is 5.76 Å². The minimum atomic E-state index is -0.178. The highest BCUT2D eigenvalue weighted by molar-refractivity contribution is 5.76. The molecule has 1 amide bonds. The highest BCUT2D eigenvalue weighted by Crippen LogP contribution is 2.22. The minimum absolute atomic E-state index is 0.0148. The van der Waals surface area contributed by atoms with Crippen molar-refractivity contribution in [2.45, 2.75) is 32.4 Å². The van der Waals surface area contributed by atoms with Gasteiger partial charge in [-0.25, -0.2) is 0 Å². The fourth-order valence-corrected chi connectivity index (χ4v) is 3.31. The first-order valence-electron chi connectivity index (χ1n) is 8.52. The second kappa shape index (κ2) is 7.53. The van der Waals surface area contributed by atoms with Gasteiger partial charge in [-0.1, -0.05) is 12.1 Å². The summed E-state index contributed by atoms with van der Waals surface area (Å²) in [5.74, 6) is 0.724. The number of rotatable bonds is 6. The van der Waals surface area contributed by atoms with Crippen LogP contribution >= 0.6 is 0 Å². The molecule has 1 aliphatic heterocycles. The quantitative estimate of drug-likeness (QED) is 0.855. The Hall–Kier alpha value is -2.27. The summed E-state index contributed by atoms with van der Waals surface area (Å²) in [4.78, 5) is 13.7. The van der Waals surface area contributed by atoms with Crippen LogP contribution in [0.25, 0.3) is 0 Å². The van der Waals surface area contributed by atoms with E-state index >= 15 is 0 Å². The number of nitrogens with one attached hydrogen (secondary N) is 1. The number of nitrogens with zero attached hydrogens (tertiary/aromatic N) is 1. The molecule has 2 atom stereocenters. The number of hydrogen-bond acceptors (Lipinski definition) is 4. The smallest absolute Gasteiger partial charge is 0.221 e. The Morgan fingerprint density at radius 2 is 2.29 bits per heavy atom. The van der Waals surface area contributed by atoms with E-state index in [2.05, 4.69) is 41.4 Å². The van der Waals surface area contributed by atoms with Gasteiger partial charge in [0.05, 0.1) is 18.2 Å². The van der Waals surface area contributed by atoms with Crippen molar-refractivity contribution in [2.75, 3.05) is 18.4 Å². The average Bonchev–Trinajstić information content (AvgIpc) is 3.10. The first kappa shape index (κ1) is 16.6. The van der Waals surface area contributed by atoms with Crippen LogP contribution in [0.5, 0.6) is 0 Å². The second-order valence-electron chi connectivity index (χ2n) is 6.56. The molecule has 0 unspecified atom stereocenters. The van der Waals surface area contributed by atoms with E-state index in [0.717, 1.165) is 43.9 Å². The van der Waals surface area contributed by atoms with E-state index in [9.17, 15) is 4.79 Å². The molecule has 3 N–H and O–H groups in total. The molecule has 0 spiro atoms. The number of carbonyl (C=O) groups excluding carboxylic acids is 1. The predicted octanol–water partition coefficient (Wildman–Crippen LogP) is 3.15. The van der Waals surface area contributed by atoms with Gasteiger partial charge in [0.2, 0.25) is 5.91 Å². The topological polar surface area (TPSA) is 71.5 Å². The van der Waals surface area contributed by atoms with Crippen LogP contribution in [0.4, 0.5) is 5.69 Å². The Labute approximate surface area is 142 Å². The summed E-state index contributed by atoms with van der Waals surface area (Å²) in [6.45, 7) is 4.70. The van der Waals surface area contributed by atoms with Crippen molar-refractivity contribution in [1.29, 1.82) is 0 Å². The van der Waals surface area contributed by atoms with Gasteiger partial charge in [-0.05, 0) is 56.1 Å². The molecular weight excluding hydrogens is 302 g/mol. The van der Waals surface area contributed by atoms with E-state index < -0.39 is 0 Å². The Balaban J connectivity index is 1.61. The number of likely N-dealkylation sites (tertiary alicyclic amines) is 1. The summed E-state index contributed by atoms with van der Waals surface area (Å²) < 4.78 is 5.44. The van der Waals surface area contributed by atoms with Gasteiger partial charge < -0.3 is 15.5 Å². The number of piperidine rings is 1. The SMILES string of the molecule is C[C@H](Nc1cccc(CN2CCC[C@@H](C(N)=O)C2)c1)c1ccco1. The number of nitrogens with two attached hydrogens (primary N) is 1. The molecule has 0 radical (unpaired) electrons. The molecule has 5 heteroatoms. The van der Waals surface area contributed by atoms with Crippen LogP contribution in [-0.2, 0) is 11.3 Å². The summed E-state index contributed by atoms with van der Waals surface area (Å²) in [7, 11) is 0. The van der Waals surface area contributed by atoms with Crippen molar-refractivity contribution in [3.63, 3.8) is 0 Å². The molecule has 1 aliphatic rings. The maximum absolute atomic E-state index is 11.4. The zero-order valence-electron chi connectivity index (χ0n) is 14.1. The highest BCUT2D eigenvalue weighted by Gasteiger charge is 2.23. The lowest BCUT2D eigenvalue weighted by Gasteiger charge is -2.31. The first-order valence-corrected chi connectivity index (χ1v) is 8.52. The first-order chi connectivity index (χ1) is 11.6. The number of anilines is 1. The molecule has 2 heterocycles. The Morgan fingerprint density at radius 3 is 3.04 bits per heavy atom. The van der Waals surface area contributed by atoms with Gasteiger partial charge in [-0.2, -0.15) is 0 Å². The third-order valence-corrected chi connectivity index (χ3v) is 4.59. The lowest BCUT2D eigenvalue weighted by Crippen LogP contribution is -2.40. The highest BCUT2D eigenvalue weighted by atomic mass is 16.3. The summed E-state index contributed by atoms with van der Waals surface area (Å²) in [6, 6.07) is 12.4. The second-order valence-corrected chi connectivity index (χ2v) is 6.56. The largest absolute Gasteiger partial charge is 0.467 e. The van der Waals surface area contributed by atoms with Crippen molar-refractivity contribution in [2.24, 2.45) is 11.7 Å². The Morgan fingerprint density at radius 1 is 1.42 bits per heavy atom. The monoisotopic (exact) mass is 327 g/mol. The normalized spacial score (nSPS) is 19.8. The van der Waals surface area contributed by atoms with Crippen molar-refractivity contribution >= 4 is 11.6 Å². The molecule has 3 rings (SSSR count). The van der Waals surface area contributed by atoms with Gasteiger partial charge in [0.15, 0.2) is 0 Å². The molecule has 5 nitrogen and oxygen atoms in total. The molecule has 0 aliphatic carbocycles. The van der Waals surface area contributed by atoms with Crippen LogP contribution in [-0.4, -0.2) is 23.9 Å². The molecule has 24 heavy (non-hydrogen) atoms. The van der Waals surface area contributed by atoms with Gasteiger partial charge in [-0.3, -0.25) is 9.69 Å². The van der Waals surface area contributed by atoms with E-state index in [1.54, 1.807) is 6.26 Å². The maximum Gasteiger partial charge on any atom is 0.221 e. The third kappa shape index (κ3) is 4.17. The number of benzene rings is 1. The van der Waals surface area contributed by atoms with Crippen molar-refractivity contribution in [3.05, 3.63) is 54.0 Å². The maximum atomic E-state index is 11.4. The number of carbonyl (C=O) groups is 1.